The first-order chi connectivity index (χ1) is 9.60. The standard InChI is InChI=1S/C16H25N3O/c1-5-7-8-9-10-11-12-15-13(3)18-19(6-2)16(15)17-14(4)20/h5-10H2,1-4H3,(H,17,20). The van der Waals surface area contributed by atoms with E-state index in [9.17, 15) is 4.79 Å². The molecule has 0 aliphatic carbocycles. The van der Waals surface area contributed by atoms with Gasteiger partial charge in [0.15, 0.2) is 0 Å². The first-order valence-electron chi connectivity index (χ1n) is 7.44. The van der Waals surface area contributed by atoms with Gasteiger partial charge >= 0.3 is 0 Å². The highest BCUT2D eigenvalue weighted by Gasteiger charge is 2.13. The molecule has 1 amide bonds. The Balaban J connectivity index is 2.80. The Hall–Kier alpha value is -1.76. The molecule has 4 nitrogen and oxygen atoms in total. The molecule has 0 atom stereocenters. The Bertz CT molecular complexity index is 506. The number of carbonyl (C=O) groups is 1. The fourth-order valence-electron chi connectivity index (χ4n) is 2.04. The Morgan fingerprint density at radius 3 is 2.65 bits per heavy atom. The van der Waals surface area contributed by atoms with Crippen molar-refractivity contribution in [3.05, 3.63) is 11.3 Å². The zero-order valence-corrected chi connectivity index (χ0v) is 13.0. The van der Waals surface area contributed by atoms with Gasteiger partial charge in [0.2, 0.25) is 5.91 Å². The molecule has 0 aliphatic rings. The molecular formula is C16H25N3O. The van der Waals surface area contributed by atoms with Gasteiger partial charge < -0.3 is 5.32 Å². The predicted molar refractivity (Wildman–Crippen MR) is 82.6 cm³/mol. The molecular weight excluding hydrogens is 250 g/mol. The van der Waals surface area contributed by atoms with Gasteiger partial charge in [-0.1, -0.05) is 38.0 Å². The second-order valence-electron chi connectivity index (χ2n) is 4.92. The quantitative estimate of drug-likeness (QED) is 0.638. The molecule has 1 N–H and O–H groups in total. The number of unbranched alkanes of at least 4 members (excludes halogenated alkanes) is 4. The highest BCUT2D eigenvalue weighted by Crippen LogP contribution is 2.18. The second kappa shape index (κ2) is 8.42. The van der Waals surface area contributed by atoms with Crippen LogP contribution < -0.4 is 5.32 Å². The first kappa shape index (κ1) is 16.3. The van der Waals surface area contributed by atoms with Crippen molar-refractivity contribution in [1.82, 2.24) is 9.78 Å². The summed E-state index contributed by atoms with van der Waals surface area (Å²) in [6, 6.07) is 0. The molecule has 0 aliphatic heterocycles. The third-order valence-electron chi connectivity index (χ3n) is 3.09. The number of hydrogen-bond acceptors (Lipinski definition) is 2. The van der Waals surface area contributed by atoms with E-state index >= 15 is 0 Å². The van der Waals surface area contributed by atoms with Crippen molar-refractivity contribution in [1.29, 1.82) is 0 Å². The van der Waals surface area contributed by atoms with Crippen LogP contribution in [0.5, 0.6) is 0 Å². The topological polar surface area (TPSA) is 46.9 Å². The van der Waals surface area contributed by atoms with E-state index in [1.807, 2.05) is 13.8 Å². The molecule has 20 heavy (non-hydrogen) atoms. The molecule has 0 aromatic carbocycles. The Morgan fingerprint density at radius 2 is 2.05 bits per heavy atom. The van der Waals surface area contributed by atoms with Crippen molar-refractivity contribution >= 4 is 11.7 Å². The Kier molecular flexibility index (Phi) is 6.86. The summed E-state index contributed by atoms with van der Waals surface area (Å²) >= 11 is 0. The van der Waals surface area contributed by atoms with E-state index in [-0.39, 0.29) is 5.91 Å². The number of hydrogen-bond donors (Lipinski definition) is 1. The molecule has 1 heterocycles. The molecule has 0 bridgehead atoms. The highest BCUT2D eigenvalue weighted by atomic mass is 16.1. The Labute approximate surface area is 121 Å². The molecule has 0 unspecified atom stereocenters. The lowest BCUT2D eigenvalue weighted by atomic mass is 10.1. The number of aryl methyl sites for hydroxylation is 2. The maximum absolute atomic E-state index is 11.3. The van der Waals surface area contributed by atoms with Crippen molar-refractivity contribution in [2.75, 3.05) is 5.32 Å². The van der Waals surface area contributed by atoms with Gasteiger partial charge in [-0.3, -0.25) is 4.79 Å². The number of aromatic nitrogens is 2. The normalized spacial score (nSPS) is 10.0. The van der Waals surface area contributed by atoms with Crippen LogP contribution in [0.3, 0.4) is 0 Å². The Morgan fingerprint density at radius 1 is 1.30 bits per heavy atom. The fraction of sp³-hybridized carbons (Fsp3) is 0.625. The minimum Gasteiger partial charge on any atom is -0.310 e. The lowest BCUT2D eigenvalue weighted by Crippen LogP contribution is -2.12. The van der Waals surface area contributed by atoms with Crippen molar-refractivity contribution in [3.8, 4) is 11.8 Å². The maximum Gasteiger partial charge on any atom is 0.222 e. The van der Waals surface area contributed by atoms with Gasteiger partial charge in [0, 0.05) is 19.9 Å². The van der Waals surface area contributed by atoms with Crippen LogP contribution in [-0.4, -0.2) is 15.7 Å². The summed E-state index contributed by atoms with van der Waals surface area (Å²) in [5.41, 5.74) is 1.72. The van der Waals surface area contributed by atoms with Crippen LogP contribution in [0.15, 0.2) is 0 Å². The first-order valence-corrected chi connectivity index (χ1v) is 7.44. The van der Waals surface area contributed by atoms with E-state index in [2.05, 4.69) is 29.2 Å². The summed E-state index contributed by atoms with van der Waals surface area (Å²) < 4.78 is 1.79. The third-order valence-corrected chi connectivity index (χ3v) is 3.09. The average molecular weight is 275 g/mol. The second-order valence-corrected chi connectivity index (χ2v) is 4.92. The number of rotatable bonds is 6. The van der Waals surface area contributed by atoms with E-state index in [4.69, 9.17) is 0 Å². The molecule has 0 fully saturated rings. The zero-order valence-electron chi connectivity index (χ0n) is 13.0. The molecule has 0 saturated carbocycles. The fourth-order valence-corrected chi connectivity index (χ4v) is 2.04. The van der Waals surface area contributed by atoms with Gasteiger partial charge in [0.05, 0.1) is 11.3 Å². The van der Waals surface area contributed by atoms with Crippen molar-refractivity contribution in [2.24, 2.45) is 0 Å². The smallest absolute Gasteiger partial charge is 0.222 e. The number of carbonyl (C=O) groups excluding carboxylic acids is 1. The van der Waals surface area contributed by atoms with Gasteiger partial charge in [-0.15, -0.1) is 0 Å². The van der Waals surface area contributed by atoms with E-state index in [0.29, 0.717) is 6.54 Å². The van der Waals surface area contributed by atoms with Crippen LogP contribution in [0.2, 0.25) is 0 Å². The number of amides is 1. The van der Waals surface area contributed by atoms with E-state index < -0.39 is 0 Å². The molecule has 0 radical (unpaired) electrons. The van der Waals surface area contributed by atoms with Gasteiger partial charge in [-0.05, 0) is 20.3 Å². The number of anilines is 1. The highest BCUT2D eigenvalue weighted by molar-refractivity contribution is 5.89. The van der Waals surface area contributed by atoms with Crippen LogP contribution in [0.1, 0.15) is 64.1 Å². The van der Waals surface area contributed by atoms with Crippen molar-refractivity contribution in [3.63, 3.8) is 0 Å². The summed E-state index contributed by atoms with van der Waals surface area (Å²) in [4.78, 5) is 11.3. The van der Waals surface area contributed by atoms with Crippen molar-refractivity contribution < 1.29 is 4.79 Å². The predicted octanol–water partition coefficient (Wildman–Crippen LogP) is 3.49. The minimum absolute atomic E-state index is 0.0920. The summed E-state index contributed by atoms with van der Waals surface area (Å²) in [5.74, 6) is 7.00. The largest absolute Gasteiger partial charge is 0.310 e. The zero-order chi connectivity index (χ0) is 15.0. The SMILES string of the molecule is CCCCCCC#Cc1c(C)nn(CC)c1NC(C)=O. The van der Waals surface area contributed by atoms with Gasteiger partial charge in [-0.2, -0.15) is 5.10 Å². The molecule has 1 rings (SSSR count). The third kappa shape index (κ3) is 4.73. The summed E-state index contributed by atoms with van der Waals surface area (Å²) in [6.07, 6.45) is 5.78. The average Bonchev–Trinajstić information content (AvgIpc) is 2.69. The van der Waals surface area contributed by atoms with Crippen LogP contribution in [0.4, 0.5) is 5.82 Å². The van der Waals surface area contributed by atoms with Crippen LogP contribution in [0.25, 0.3) is 0 Å². The van der Waals surface area contributed by atoms with Gasteiger partial charge in [-0.25, -0.2) is 4.68 Å². The van der Waals surface area contributed by atoms with E-state index in [1.165, 1.54) is 26.2 Å². The molecule has 4 heteroatoms. The van der Waals surface area contributed by atoms with Gasteiger partial charge in [0.25, 0.3) is 0 Å². The summed E-state index contributed by atoms with van der Waals surface area (Å²) in [7, 11) is 0. The molecule has 0 saturated heterocycles. The molecule has 1 aromatic rings. The molecule has 0 spiro atoms. The monoisotopic (exact) mass is 275 g/mol. The van der Waals surface area contributed by atoms with E-state index in [0.717, 1.165) is 29.9 Å². The van der Waals surface area contributed by atoms with Crippen LogP contribution >= 0.6 is 0 Å². The van der Waals surface area contributed by atoms with Crippen LogP contribution in [0, 0.1) is 18.8 Å². The number of nitrogens with zero attached hydrogens (tertiary/aromatic N) is 2. The number of nitrogens with one attached hydrogen (secondary N) is 1. The summed E-state index contributed by atoms with van der Waals surface area (Å²) in [6.45, 7) is 8.35. The summed E-state index contributed by atoms with van der Waals surface area (Å²) in [5, 5.41) is 7.24. The van der Waals surface area contributed by atoms with Gasteiger partial charge in [0.1, 0.15) is 5.82 Å². The van der Waals surface area contributed by atoms with Crippen LogP contribution in [-0.2, 0) is 11.3 Å². The van der Waals surface area contributed by atoms with Crippen molar-refractivity contribution in [2.45, 2.75) is 66.3 Å². The lowest BCUT2D eigenvalue weighted by Gasteiger charge is -2.05. The van der Waals surface area contributed by atoms with E-state index in [1.54, 1.807) is 4.68 Å². The maximum atomic E-state index is 11.3. The minimum atomic E-state index is -0.0920. The lowest BCUT2D eigenvalue weighted by molar-refractivity contribution is -0.114. The molecule has 110 valence electrons. The molecule has 1 aromatic heterocycles.